The number of ether oxygens (including phenoxy) is 2. The van der Waals surface area contributed by atoms with E-state index in [0.717, 1.165) is 0 Å². The zero-order valence-corrected chi connectivity index (χ0v) is 19.9. The molecule has 34 heavy (non-hydrogen) atoms. The molecule has 1 heterocycles. The number of aromatic nitrogens is 1. The van der Waals surface area contributed by atoms with Crippen LogP contribution in [-0.2, 0) is 14.3 Å². The van der Waals surface area contributed by atoms with E-state index in [-0.39, 0.29) is 18.3 Å². The molecule has 0 unspecified atom stereocenters. The van der Waals surface area contributed by atoms with Gasteiger partial charge in [0.05, 0.1) is 18.7 Å². The summed E-state index contributed by atoms with van der Waals surface area (Å²) < 4.78 is 11.8. The maximum Gasteiger partial charge on any atom is 0.328 e. The smallest absolute Gasteiger partial charge is 0.328 e. The van der Waals surface area contributed by atoms with Crippen molar-refractivity contribution in [3.63, 3.8) is 0 Å². The average molecular weight is 487 g/mol. The van der Waals surface area contributed by atoms with Crippen molar-refractivity contribution in [2.75, 3.05) is 31.0 Å². The van der Waals surface area contributed by atoms with Crippen LogP contribution in [0.15, 0.2) is 48.5 Å². The third-order valence-electron chi connectivity index (χ3n) is 4.82. The molecule has 0 spiro atoms. The summed E-state index contributed by atoms with van der Waals surface area (Å²) in [6.45, 7) is 4.59. The molecule has 0 radical (unpaired) electrons. The Labute approximate surface area is 202 Å². The van der Waals surface area contributed by atoms with Crippen LogP contribution in [0.4, 0.5) is 5.69 Å². The second kappa shape index (κ2) is 11.5. The first-order chi connectivity index (χ1) is 16.3. The highest BCUT2D eigenvalue weighted by atomic mass is 35.5. The predicted molar refractivity (Wildman–Crippen MR) is 131 cm³/mol. The summed E-state index contributed by atoms with van der Waals surface area (Å²) in [6.07, 6.45) is 0.662. The first-order valence-corrected chi connectivity index (χ1v) is 11.1. The fourth-order valence-electron chi connectivity index (χ4n) is 3.17. The second-order valence-corrected chi connectivity index (χ2v) is 8.16. The normalized spacial score (nSPS) is 10.9. The molecule has 0 saturated heterocycles. The zero-order valence-electron chi connectivity index (χ0n) is 19.2. The van der Waals surface area contributed by atoms with Crippen LogP contribution in [0.3, 0.4) is 0 Å². The van der Waals surface area contributed by atoms with Gasteiger partial charge < -0.3 is 20.1 Å². The van der Waals surface area contributed by atoms with Gasteiger partial charge in [-0.25, -0.2) is 4.68 Å². The van der Waals surface area contributed by atoms with E-state index in [2.05, 4.69) is 16.1 Å². The lowest BCUT2D eigenvalue weighted by atomic mass is 10.2. The Morgan fingerprint density at radius 1 is 1.03 bits per heavy atom. The fraction of sp³-hybridized carbons (Fsp3) is 0.292. The van der Waals surface area contributed by atoms with E-state index in [1.807, 2.05) is 13.8 Å². The molecular weight excluding hydrogens is 460 g/mol. The van der Waals surface area contributed by atoms with Crippen molar-refractivity contribution in [3.8, 4) is 5.75 Å². The van der Waals surface area contributed by atoms with Crippen molar-refractivity contribution >= 4 is 45.9 Å². The number of fused-ring (bicyclic) bond motifs is 1. The molecule has 3 amide bonds. The van der Waals surface area contributed by atoms with E-state index in [1.165, 1.54) is 4.68 Å². The molecule has 2 aromatic carbocycles. The van der Waals surface area contributed by atoms with E-state index >= 15 is 0 Å². The molecule has 0 aliphatic heterocycles. The van der Waals surface area contributed by atoms with Crippen LogP contribution in [0.2, 0.25) is 5.02 Å². The van der Waals surface area contributed by atoms with Crippen LogP contribution in [-0.4, -0.2) is 48.8 Å². The lowest BCUT2D eigenvalue weighted by Crippen LogP contribution is -2.40. The number of nitrogens with zero attached hydrogens (tertiary/aromatic N) is 1. The van der Waals surface area contributed by atoms with Crippen LogP contribution in [0.5, 0.6) is 5.75 Å². The van der Waals surface area contributed by atoms with Gasteiger partial charge in [0, 0.05) is 29.2 Å². The molecule has 0 aliphatic carbocycles. The summed E-state index contributed by atoms with van der Waals surface area (Å²) in [7, 11) is 1.55. The molecular formula is C24H27ClN4O5. The molecule has 0 fully saturated rings. The predicted octanol–water partition coefficient (Wildman–Crippen LogP) is 3.56. The van der Waals surface area contributed by atoms with E-state index < -0.39 is 17.7 Å². The maximum absolute atomic E-state index is 13.0. The zero-order chi connectivity index (χ0) is 24.7. The van der Waals surface area contributed by atoms with Crippen molar-refractivity contribution in [1.29, 1.82) is 0 Å². The molecule has 0 atom stereocenters. The molecule has 0 aliphatic rings. The third-order valence-corrected chi connectivity index (χ3v) is 5.06. The number of carbonyl (C=O) groups excluding carboxylic acids is 3. The molecule has 0 bridgehead atoms. The molecule has 3 N–H and O–H groups in total. The van der Waals surface area contributed by atoms with Gasteiger partial charge in [-0.15, -0.1) is 0 Å². The Balaban J connectivity index is 1.76. The molecule has 0 saturated carbocycles. The number of methoxy groups -OCH3 is 1. The van der Waals surface area contributed by atoms with Gasteiger partial charge in [-0.3, -0.25) is 19.8 Å². The number of nitrogens with one attached hydrogen (secondary N) is 3. The summed E-state index contributed by atoms with van der Waals surface area (Å²) in [5.74, 6) is -1.56. The van der Waals surface area contributed by atoms with E-state index in [1.54, 1.807) is 55.6 Å². The maximum atomic E-state index is 13.0. The summed E-state index contributed by atoms with van der Waals surface area (Å²) in [5.41, 5.74) is 3.68. The summed E-state index contributed by atoms with van der Waals surface area (Å²) in [5, 5.41) is 6.41. The number of carbonyl (C=O) groups is 3. The van der Waals surface area contributed by atoms with Gasteiger partial charge in [0.25, 0.3) is 5.91 Å². The second-order valence-electron chi connectivity index (χ2n) is 7.72. The number of benzene rings is 2. The van der Waals surface area contributed by atoms with Crippen molar-refractivity contribution < 1.29 is 23.9 Å². The van der Waals surface area contributed by atoms with Crippen LogP contribution < -0.4 is 20.8 Å². The average Bonchev–Trinajstić information content (AvgIpc) is 3.16. The summed E-state index contributed by atoms with van der Waals surface area (Å²) in [6, 6.07) is 13.3. The van der Waals surface area contributed by atoms with Crippen LogP contribution >= 0.6 is 11.6 Å². The molecule has 10 heteroatoms. The number of halogens is 1. The van der Waals surface area contributed by atoms with Crippen LogP contribution in [0.1, 0.15) is 30.8 Å². The van der Waals surface area contributed by atoms with Gasteiger partial charge in [0.2, 0.25) is 0 Å². The number of anilines is 1. The first-order valence-electron chi connectivity index (χ1n) is 10.8. The van der Waals surface area contributed by atoms with Crippen LogP contribution in [0.25, 0.3) is 10.9 Å². The highest BCUT2D eigenvalue weighted by Crippen LogP contribution is 2.24. The molecule has 180 valence electrons. The minimum atomic E-state index is -0.907. The summed E-state index contributed by atoms with van der Waals surface area (Å²) >= 11 is 6.09. The SMILES string of the molecule is COc1ccc(NC(=O)c2cc3cc(Cl)ccc3n2NC(=O)C(=O)NCCCOC(C)C)cc1. The minimum Gasteiger partial charge on any atom is -0.497 e. The van der Waals surface area contributed by atoms with Crippen molar-refractivity contribution in [1.82, 2.24) is 9.99 Å². The Kier molecular flexibility index (Phi) is 8.50. The van der Waals surface area contributed by atoms with Gasteiger partial charge in [0.15, 0.2) is 0 Å². The number of rotatable bonds is 9. The molecule has 1 aromatic heterocycles. The van der Waals surface area contributed by atoms with Crippen molar-refractivity contribution in [2.45, 2.75) is 26.4 Å². The summed E-state index contributed by atoms with van der Waals surface area (Å²) in [4.78, 5) is 37.9. The van der Waals surface area contributed by atoms with Gasteiger partial charge in [-0.05, 0) is 68.8 Å². The van der Waals surface area contributed by atoms with Gasteiger partial charge in [-0.1, -0.05) is 11.6 Å². The Bertz CT molecular complexity index is 1170. The van der Waals surface area contributed by atoms with Crippen LogP contribution in [0, 0.1) is 0 Å². The van der Waals surface area contributed by atoms with Crippen molar-refractivity contribution in [3.05, 3.63) is 59.2 Å². The van der Waals surface area contributed by atoms with E-state index in [0.29, 0.717) is 40.4 Å². The number of amides is 3. The standard InChI is InChI=1S/C24H27ClN4O5/c1-15(2)34-12-4-11-26-23(31)24(32)28-29-20-10-5-17(25)13-16(20)14-21(29)22(30)27-18-6-8-19(33-3)9-7-18/h5-10,13-15H,4,11-12H2,1-3H3,(H,26,31)(H,27,30)(H,28,32). The third kappa shape index (κ3) is 6.49. The van der Waals surface area contributed by atoms with Gasteiger partial charge in [0.1, 0.15) is 11.4 Å². The first kappa shape index (κ1) is 25.1. The van der Waals surface area contributed by atoms with E-state index in [9.17, 15) is 14.4 Å². The molecule has 9 nitrogen and oxygen atoms in total. The minimum absolute atomic E-state index is 0.0945. The lowest BCUT2D eigenvalue weighted by molar-refractivity contribution is -0.136. The van der Waals surface area contributed by atoms with Gasteiger partial charge in [-0.2, -0.15) is 0 Å². The van der Waals surface area contributed by atoms with Gasteiger partial charge >= 0.3 is 11.8 Å². The highest BCUT2D eigenvalue weighted by Gasteiger charge is 2.21. The monoisotopic (exact) mass is 486 g/mol. The Morgan fingerprint density at radius 3 is 2.44 bits per heavy atom. The Morgan fingerprint density at radius 2 is 1.76 bits per heavy atom. The largest absolute Gasteiger partial charge is 0.497 e. The Hall–Kier alpha value is -3.56. The molecule has 3 rings (SSSR count). The molecule has 3 aromatic rings. The van der Waals surface area contributed by atoms with E-state index in [4.69, 9.17) is 21.1 Å². The van der Waals surface area contributed by atoms with Crippen molar-refractivity contribution in [2.24, 2.45) is 0 Å². The number of hydrogen-bond donors (Lipinski definition) is 3. The topological polar surface area (TPSA) is 111 Å². The quantitative estimate of drug-likeness (QED) is 0.316. The highest BCUT2D eigenvalue weighted by molar-refractivity contribution is 6.38. The fourth-order valence-corrected chi connectivity index (χ4v) is 3.35. The lowest BCUT2D eigenvalue weighted by Gasteiger charge is -2.13. The number of hydrogen-bond acceptors (Lipinski definition) is 5.